The highest BCUT2D eigenvalue weighted by Gasteiger charge is 2.68. The summed E-state index contributed by atoms with van der Waals surface area (Å²) in [5, 5.41) is 21.5. The average molecular weight is 633 g/mol. The number of nitrogens with two attached hydrogens (primary N) is 1. The zero-order valence-corrected chi connectivity index (χ0v) is 23.1. The van der Waals surface area contributed by atoms with Gasteiger partial charge in [-0.05, 0) is 23.3 Å². The lowest BCUT2D eigenvalue weighted by Crippen LogP contribution is -2.62. The third kappa shape index (κ3) is 4.31. The fraction of sp³-hybridized carbons (Fsp3) is 0.231. The molecule has 230 valence electrons. The van der Waals surface area contributed by atoms with Crippen molar-refractivity contribution in [2.24, 2.45) is 11.3 Å². The van der Waals surface area contributed by atoms with Crippen molar-refractivity contribution in [3.05, 3.63) is 65.7 Å². The van der Waals surface area contributed by atoms with Crippen molar-refractivity contribution in [1.29, 1.82) is 0 Å². The number of hydrogen-bond acceptors (Lipinski definition) is 14. The van der Waals surface area contributed by atoms with E-state index in [0.717, 1.165) is 24.3 Å². The fourth-order valence-electron chi connectivity index (χ4n) is 5.63. The van der Waals surface area contributed by atoms with Gasteiger partial charge in [-0.15, -0.1) is 0 Å². The summed E-state index contributed by atoms with van der Waals surface area (Å²) in [4.78, 5) is 83.5. The van der Waals surface area contributed by atoms with Crippen molar-refractivity contribution < 1.29 is 71.3 Å². The SMILES string of the molecule is NOC(=O)C(CO)(CN1C(=O)C=CC1=O)C1(OC(=O)O[N+]2(O)C(=O)CCC2=O)c2ccccc2-c2ccc(S(=O)(=O)O)cc21. The molecule has 2 unspecified atom stereocenters. The largest absolute Gasteiger partial charge is 0.565 e. The Morgan fingerprint density at radius 1 is 0.977 bits per heavy atom. The number of hydroxylamine groups is 4. The van der Waals surface area contributed by atoms with Crippen molar-refractivity contribution in [2.45, 2.75) is 23.3 Å². The summed E-state index contributed by atoms with van der Waals surface area (Å²) >= 11 is 0. The van der Waals surface area contributed by atoms with Gasteiger partial charge in [-0.25, -0.2) is 14.4 Å². The topological polar surface area (TPSA) is 254 Å². The highest BCUT2D eigenvalue weighted by Crippen LogP contribution is 2.59. The molecule has 2 heterocycles. The first kappa shape index (κ1) is 30.6. The molecule has 44 heavy (non-hydrogen) atoms. The van der Waals surface area contributed by atoms with Crippen LogP contribution >= 0.6 is 0 Å². The van der Waals surface area contributed by atoms with Crippen LogP contribution in [0.1, 0.15) is 24.0 Å². The molecule has 1 fully saturated rings. The molecule has 0 bridgehead atoms. The molecule has 0 saturated carbocycles. The number of rotatable bonds is 8. The molecule has 4 amide bonds. The Morgan fingerprint density at radius 2 is 1.57 bits per heavy atom. The molecule has 0 spiro atoms. The van der Waals surface area contributed by atoms with Crippen LogP contribution in [-0.2, 0) is 54.1 Å². The first-order valence-electron chi connectivity index (χ1n) is 12.5. The monoisotopic (exact) mass is 632 g/mol. The number of aliphatic hydroxyl groups is 1. The van der Waals surface area contributed by atoms with Crippen molar-refractivity contribution in [3.8, 4) is 11.1 Å². The number of benzene rings is 2. The molecule has 1 aliphatic carbocycles. The maximum atomic E-state index is 13.7. The van der Waals surface area contributed by atoms with E-state index in [2.05, 4.69) is 4.84 Å². The molecule has 0 radical (unpaired) electrons. The predicted molar refractivity (Wildman–Crippen MR) is 137 cm³/mol. The third-order valence-electron chi connectivity index (χ3n) is 7.71. The molecule has 2 atom stereocenters. The molecule has 2 aliphatic heterocycles. The highest BCUT2D eigenvalue weighted by molar-refractivity contribution is 7.85. The normalized spacial score (nSPS) is 21.6. The van der Waals surface area contributed by atoms with Gasteiger partial charge in [-0.2, -0.15) is 29.2 Å². The van der Waals surface area contributed by atoms with Gasteiger partial charge in [0.05, 0.1) is 30.9 Å². The van der Waals surface area contributed by atoms with Gasteiger partial charge in [0.2, 0.25) is 0 Å². The predicted octanol–water partition coefficient (Wildman–Crippen LogP) is -0.401. The van der Waals surface area contributed by atoms with E-state index >= 15 is 0 Å². The van der Waals surface area contributed by atoms with Crippen LogP contribution in [0.3, 0.4) is 0 Å². The minimum absolute atomic E-state index is 0.0573. The van der Waals surface area contributed by atoms with Crippen molar-refractivity contribution in [1.82, 2.24) is 4.90 Å². The Balaban J connectivity index is 1.84. The molecule has 3 aliphatic rings. The van der Waals surface area contributed by atoms with E-state index in [9.17, 15) is 52.1 Å². The summed E-state index contributed by atoms with van der Waals surface area (Å²) in [5.74, 6) is -0.786. The van der Waals surface area contributed by atoms with Gasteiger partial charge in [-0.3, -0.25) is 19.0 Å². The lowest BCUT2D eigenvalue weighted by atomic mass is 9.66. The van der Waals surface area contributed by atoms with Gasteiger partial charge in [0.1, 0.15) is 4.81 Å². The van der Waals surface area contributed by atoms with E-state index in [1.165, 1.54) is 30.3 Å². The number of ether oxygens (including phenoxy) is 1. The smallest absolute Gasteiger partial charge is 0.413 e. The number of hydrogen-bond donors (Lipinski definition) is 4. The number of fused-ring (bicyclic) bond motifs is 3. The Labute approximate surface area is 246 Å². The van der Waals surface area contributed by atoms with Crippen molar-refractivity contribution in [2.75, 3.05) is 13.2 Å². The molecule has 0 aromatic heterocycles. The van der Waals surface area contributed by atoms with Crippen LogP contribution in [-0.4, -0.2) is 81.9 Å². The summed E-state index contributed by atoms with van der Waals surface area (Å²) in [6.45, 7) is -2.54. The number of amides is 4. The van der Waals surface area contributed by atoms with Gasteiger partial charge < -0.3 is 14.7 Å². The molecule has 2 aromatic carbocycles. The Kier molecular flexibility index (Phi) is 7.23. The van der Waals surface area contributed by atoms with Gasteiger partial charge >= 0.3 is 23.9 Å². The van der Waals surface area contributed by atoms with Crippen LogP contribution < -0.4 is 5.90 Å². The second-order valence-corrected chi connectivity index (χ2v) is 11.4. The quantitative estimate of drug-likeness (QED) is 0.0721. The second kappa shape index (κ2) is 10.4. The van der Waals surface area contributed by atoms with Gasteiger partial charge in [0.15, 0.2) is 11.0 Å². The molecule has 1 saturated heterocycles. The summed E-state index contributed by atoms with van der Waals surface area (Å²) in [7, 11) is -4.99. The molecule has 5 rings (SSSR count). The standard InChI is InChI=1S/C26H21N3O14S/c27-42-23(35)25(13-30,12-28-19(31)7-8-20(28)32)26(41-24(36)43-29(37)21(33)9-10-22(29)34)17-4-2-1-3-15(17)16-6-5-14(11-18(16)26)44(38,39)40/h1-8,11,30,37H,9-10,12-13,27H2/p+1. The molecule has 2 aromatic rings. The van der Waals surface area contributed by atoms with Crippen LogP contribution in [0.5, 0.6) is 0 Å². The van der Waals surface area contributed by atoms with Crippen molar-refractivity contribution >= 4 is 45.9 Å². The number of imide groups is 2. The Morgan fingerprint density at radius 3 is 2.14 bits per heavy atom. The van der Waals surface area contributed by atoms with E-state index in [-0.39, 0.29) is 16.7 Å². The summed E-state index contributed by atoms with van der Waals surface area (Å²) < 4.78 is 40.0. The maximum absolute atomic E-state index is 13.7. The van der Waals surface area contributed by atoms with Crippen molar-refractivity contribution in [3.63, 3.8) is 0 Å². The Bertz CT molecular complexity index is 1770. The summed E-state index contributed by atoms with van der Waals surface area (Å²) in [6.07, 6.45) is -1.34. The second-order valence-electron chi connectivity index (χ2n) is 9.96. The number of nitrogens with zero attached hydrogens (tertiary/aromatic N) is 2. The number of quaternary nitrogens is 1. The van der Waals surface area contributed by atoms with Gasteiger partial charge in [0, 0.05) is 23.3 Å². The maximum Gasteiger partial charge on any atom is 0.565 e. The lowest BCUT2D eigenvalue weighted by Gasteiger charge is -2.46. The van der Waals surface area contributed by atoms with Gasteiger partial charge in [-0.1, -0.05) is 30.3 Å². The zero-order chi connectivity index (χ0) is 32.2. The van der Waals surface area contributed by atoms with E-state index < -0.39 is 98.1 Å². The first-order valence-corrected chi connectivity index (χ1v) is 14.0. The van der Waals surface area contributed by atoms with E-state index in [0.29, 0.717) is 4.90 Å². The minimum atomic E-state index is -4.99. The van der Waals surface area contributed by atoms with Crippen LogP contribution in [0.25, 0.3) is 11.1 Å². The molecular formula is C26H22N3O14S+. The molecule has 17 nitrogen and oxygen atoms in total. The lowest BCUT2D eigenvalue weighted by molar-refractivity contribution is -1.12. The van der Waals surface area contributed by atoms with E-state index in [4.69, 9.17) is 15.5 Å². The fourth-order valence-corrected chi connectivity index (χ4v) is 6.13. The number of carbonyl (C=O) groups is 6. The Hall–Kier alpha value is -4.85. The van der Waals surface area contributed by atoms with E-state index in [1.54, 1.807) is 0 Å². The van der Waals surface area contributed by atoms with Gasteiger partial charge in [0.25, 0.3) is 21.9 Å². The first-order chi connectivity index (χ1) is 20.7. The molecule has 18 heteroatoms. The number of aliphatic hydroxyl groups excluding tert-OH is 1. The summed E-state index contributed by atoms with van der Waals surface area (Å²) in [6, 6.07) is 8.53. The van der Waals surface area contributed by atoms with Crippen LogP contribution in [0.2, 0.25) is 0 Å². The molecule has 5 N–H and O–H groups in total. The third-order valence-corrected chi connectivity index (χ3v) is 8.56. The van der Waals surface area contributed by atoms with Crippen LogP contribution in [0, 0.1) is 5.41 Å². The van der Waals surface area contributed by atoms with Crippen LogP contribution in [0.4, 0.5) is 4.79 Å². The summed E-state index contributed by atoms with van der Waals surface area (Å²) in [5.41, 5.74) is -6.09. The van der Waals surface area contributed by atoms with Crippen LogP contribution in [0.15, 0.2) is 59.5 Å². The minimum Gasteiger partial charge on any atom is -0.413 e. The molecular weight excluding hydrogens is 610 g/mol. The van der Waals surface area contributed by atoms with E-state index in [1.807, 2.05) is 0 Å². The average Bonchev–Trinajstić information content (AvgIpc) is 3.55. The zero-order valence-electron chi connectivity index (χ0n) is 22.2. The highest BCUT2D eigenvalue weighted by atomic mass is 32.2. The number of carbonyl (C=O) groups excluding carboxylic acids is 6.